The zero-order valence-corrected chi connectivity index (χ0v) is 22.3. The molecule has 0 saturated heterocycles. The van der Waals surface area contributed by atoms with E-state index >= 15 is 0 Å². The number of aliphatic hydroxyl groups is 1. The number of amides is 2. The van der Waals surface area contributed by atoms with Crippen molar-refractivity contribution < 1.29 is 24.2 Å². The van der Waals surface area contributed by atoms with E-state index < -0.39 is 23.5 Å². The average Bonchev–Trinajstić information content (AvgIpc) is 3.46. The number of ether oxygens (including phenoxy) is 1. The van der Waals surface area contributed by atoms with Crippen LogP contribution in [0.25, 0.3) is 10.6 Å². The summed E-state index contributed by atoms with van der Waals surface area (Å²) in [5.41, 5.74) is 2.94. The molecule has 4 aromatic rings. The molecule has 3 aromatic carbocycles. The lowest BCUT2D eigenvalue weighted by Crippen LogP contribution is -2.31. The molecule has 1 aliphatic heterocycles. The number of benzene rings is 3. The van der Waals surface area contributed by atoms with Crippen LogP contribution in [-0.4, -0.2) is 34.8 Å². The fourth-order valence-electron chi connectivity index (χ4n) is 4.57. The van der Waals surface area contributed by atoms with Crippen LogP contribution in [0.2, 0.25) is 0 Å². The molecular weight excluding hydrogens is 514 g/mol. The number of thiazole rings is 1. The highest BCUT2D eigenvalue weighted by molar-refractivity contribution is 7.17. The summed E-state index contributed by atoms with van der Waals surface area (Å²) >= 11 is 1.22. The molecule has 0 saturated carbocycles. The van der Waals surface area contributed by atoms with E-state index in [0.717, 1.165) is 5.56 Å². The summed E-state index contributed by atoms with van der Waals surface area (Å²) in [7, 11) is 1.53. The van der Waals surface area contributed by atoms with Crippen molar-refractivity contribution in [2.24, 2.45) is 0 Å². The summed E-state index contributed by atoms with van der Waals surface area (Å²) in [4.78, 5) is 45.3. The Kier molecular flexibility index (Phi) is 7.00. The van der Waals surface area contributed by atoms with Crippen molar-refractivity contribution in [3.05, 3.63) is 106 Å². The maximum atomic E-state index is 14.1. The van der Waals surface area contributed by atoms with Gasteiger partial charge < -0.3 is 15.2 Å². The normalized spacial score (nSPS) is 15.0. The number of carbonyl (C=O) groups is 3. The third-order valence-electron chi connectivity index (χ3n) is 6.35. The van der Waals surface area contributed by atoms with E-state index in [-0.39, 0.29) is 11.5 Å². The first-order valence-electron chi connectivity index (χ1n) is 12.1. The minimum atomic E-state index is -0.923. The number of ketones is 1. The number of rotatable bonds is 7. The van der Waals surface area contributed by atoms with E-state index in [9.17, 15) is 19.5 Å². The maximum absolute atomic E-state index is 14.1. The van der Waals surface area contributed by atoms with Crippen molar-refractivity contribution in [1.82, 2.24) is 4.98 Å². The number of aromatic nitrogens is 1. The Balaban J connectivity index is 1.61. The molecule has 0 spiro atoms. The van der Waals surface area contributed by atoms with Gasteiger partial charge in [0.25, 0.3) is 5.91 Å². The Morgan fingerprint density at radius 3 is 2.41 bits per heavy atom. The molecule has 5 rings (SSSR count). The summed E-state index contributed by atoms with van der Waals surface area (Å²) in [5.74, 6) is -1.48. The molecule has 9 heteroatoms. The second-order valence-electron chi connectivity index (χ2n) is 8.97. The van der Waals surface area contributed by atoms with Crippen molar-refractivity contribution in [2.75, 3.05) is 17.3 Å². The van der Waals surface area contributed by atoms with Gasteiger partial charge in [0, 0.05) is 23.9 Å². The number of aryl methyl sites for hydroxylation is 1. The average molecular weight is 540 g/mol. The van der Waals surface area contributed by atoms with Crippen molar-refractivity contribution in [3.8, 4) is 16.3 Å². The zero-order valence-electron chi connectivity index (χ0n) is 21.5. The zero-order chi connectivity index (χ0) is 27.7. The third-order valence-corrected chi connectivity index (χ3v) is 7.56. The molecule has 0 radical (unpaired) electrons. The second-order valence-corrected chi connectivity index (χ2v) is 9.97. The second kappa shape index (κ2) is 10.5. The van der Waals surface area contributed by atoms with Gasteiger partial charge in [-0.1, -0.05) is 42.5 Å². The minimum Gasteiger partial charge on any atom is -0.503 e. The number of methoxy groups -OCH3 is 1. The van der Waals surface area contributed by atoms with Gasteiger partial charge in [-0.15, -0.1) is 11.3 Å². The lowest BCUT2D eigenvalue weighted by molar-refractivity contribution is -0.117. The molecule has 0 aliphatic carbocycles. The summed E-state index contributed by atoms with van der Waals surface area (Å²) in [6.45, 7) is 3.14. The molecule has 1 atom stereocenters. The van der Waals surface area contributed by atoms with Crippen LogP contribution >= 0.6 is 11.3 Å². The lowest BCUT2D eigenvalue weighted by atomic mass is 9.94. The van der Waals surface area contributed by atoms with Crippen LogP contribution in [0.4, 0.5) is 11.4 Å². The molecule has 8 nitrogen and oxygen atoms in total. The predicted octanol–water partition coefficient (Wildman–Crippen LogP) is 5.87. The summed E-state index contributed by atoms with van der Waals surface area (Å²) in [6, 6.07) is 22.2. The number of Topliss-reactive ketones (excluding diaryl/α,β-unsaturated/α-hetero) is 1. The molecule has 2 amide bonds. The van der Waals surface area contributed by atoms with Gasteiger partial charge in [0.1, 0.15) is 10.8 Å². The van der Waals surface area contributed by atoms with Crippen LogP contribution in [0.15, 0.2) is 90.2 Å². The van der Waals surface area contributed by atoms with E-state index in [1.54, 1.807) is 55.5 Å². The highest BCUT2D eigenvalue weighted by atomic mass is 32.1. The Morgan fingerprint density at radius 1 is 1.03 bits per heavy atom. The van der Waals surface area contributed by atoms with Crippen LogP contribution < -0.4 is 15.0 Å². The van der Waals surface area contributed by atoms with Crippen LogP contribution in [0.3, 0.4) is 0 Å². The third kappa shape index (κ3) is 4.92. The molecule has 1 unspecified atom stereocenters. The molecule has 1 aromatic heterocycles. The Bertz CT molecular complexity index is 1610. The SMILES string of the molecule is COc1cccc(C2C(C(=O)c3sc(-c4ccccc4)nc3C)=C(O)C(=O)N2c2ccc(NC(C)=O)cc2)c1. The molecule has 39 heavy (non-hydrogen) atoms. The van der Waals surface area contributed by atoms with Gasteiger partial charge in [0.2, 0.25) is 11.7 Å². The van der Waals surface area contributed by atoms with Gasteiger partial charge in [0.05, 0.1) is 29.3 Å². The van der Waals surface area contributed by atoms with Crippen molar-refractivity contribution in [1.29, 1.82) is 0 Å². The van der Waals surface area contributed by atoms with E-state index in [0.29, 0.717) is 38.3 Å². The van der Waals surface area contributed by atoms with E-state index in [4.69, 9.17) is 4.74 Å². The Labute approximate surface area is 229 Å². The van der Waals surface area contributed by atoms with Crippen LogP contribution in [0, 0.1) is 6.92 Å². The van der Waals surface area contributed by atoms with Gasteiger partial charge in [-0.25, -0.2) is 4.98 Å². The summed E-state index contributed by atoms with van der Waals surface area (Å²) in [5, 5.41) is 14.5. The number of anilines is 2. The molecule has 1 aliphatic rings. The van der Waals surface area contributed by atoms with Crippen LogP contribution in [-0.2, 0) is 9.59 Å². The maximum Gasteiger partial charge on any atom is 0.294 e. The Hall–Kier alpha value is -4.76. The summed E-state index contributed by atoms with van der Waals surface area (Å²) < 4.78 is 5.40. The first-order valence-corrected chi connectivity index (χ1v) is 13.0. The van der Waals surface area contributed by atoms with Gasteiger partial charge in [-0.2, -0.15) is 0 Å². The molecular formula is C30H25N3O5S. The number of hydrogen-bond donors (Lipinski definition) is 2. The van der Waals surface area contributed by atoms with Crippen LogP contribution in [0.5, 0.6) is 5.75 Å². The molecule has 0 bridgehead atoms. The number of nitrogens with zero attached hydrogens (tertiary/aromatic N) is 2. The Morgan fingerprint density at radius 2 is 1.74 bits per heavy atom. The smallest absolute Gasteiger partial charge is 0.294 e. The van der Waals surface area contributed by atoms with Gasteiger partial charge in [-0.05, 0) is 48.9 Å². The lowest BCUT2D eigenvalue weighted by Gasteiger charge is -2.27. The fourth-order valence-corrected chi connectivity index (χ4v) is 5.60. The van der Waals surface area contributed by atoms with E-state index in [2.05, 4.69) is 10.3 Å². The van der Waals surface area contributed by atoms with E-state index in [1.807, 2.05) is 30.3 Å². The number of aliphatic hydroxyl groups excluding tert-OH is 1. The first kappa shape index (κ1) is 25.9. The van der Waals surface area contributed by atoms with Crippen molar-refractivity contribution in [2.45, 2.75) is 19.9 Å². The number of hydrogen-bond acceptors (Lipinski definition) is 7. The summed E-state index contributed by atoms with van der Waals surface area (Å²) in [6.07, 6.45) is 0. The minimum absolute atomic E-state index is 0.0365. The van der Waals surface area contributed by atoms with Crippen molar-refractivity contribution in [3.63, 3.8) is 0 Å². The van der Waals surface area contributed by atoms with Crippen LogP contribution in [0.1, 0.15) is 33.9 Å². The number of nitrogens with one attached hydrogen (secondary N) is 1. The fraction of sp³-hybridized carbons (Fsp3) is 0.133. The number of carbonyl (C=O) groups excluding carboxylic acids is 3. The first-order chi connectivity index (χ1) is 18.8. The van der Waals surface area contributed by atoms with Gasteiger partial charge in [-0.3, -0.25) is 19.3 Å². The monoisotopic (exact) mass is 539 g/mol. The molecule has 2 heterocycles. The molecule has 2 N–H and O–H groups in total. The highest BCUT2D eigenvalue weighted by Crippen LogP contribution is 2.44. The van der Waals surface area contributed by atoms with E-state index in [1.165, 1.54) is 30.3 Å². The quantitative estimate of drug-likeness (QED) is 0.285. The highest BCUT2D eigenvalue weighted by Gasteiger charge is 2.45. The van der Waals surface area contributed by atoms with Gasteiger partial charge in [0.15, 0.2) is 5.76 Å². The van der Waals surface area contributed by atoms with Gasteiger partial charge >= 0.3 is 0 Å². The standard InChI is InChI=1S/C30H25N3O5S/c1-17-28(39-29(31-17)19-8-5-4-6-9-19)26(35)24-25(20-10-7-11-23(16-20)38-3)33(30(37)27(24)36)22-14-12-21(13-15-22)32-18(2)34/h4-16,25,36H,1-3H3,(H,32,34). The van der Waals surface area contributed by atoms with Crippen molar-refractivity contribution >= 4 is 40.3 Å². The largest absolute Gasteiger partial charge is 0.503 e. The molecule has 0 fully saturated rings. The predicted molar refractivity (Wildman–Crippen MR) is 150 cm³/mol. The topological polar surface area (TPSA) is 109 Å². The molecule has 196 valence electrons.